The quantitative estimate of drug-likeness (QED) is 0.279. The van der Waals surface area contributed by atoms with Gasteiger partial charge in [0.05, 0.1) is 5.56 Å². The van der Waals surface area contributed by atoms with Gasteiger partial charge in [0.15, 0.2) is 5.60 Å². The van der Waals surface area contributed by atoms with Crippen LogP contribution in [0.15, 0.2) is 48.5 Å². The van der Waals surface area contributed by atoms with Gasteiger partial charge >= 0.3 is 5.97 Å². The van der Waals surface area contributed by atoms with Crippen molar-refractivity contribution in [1.29, 1.82) is 0 Å². The molecule has 0 radical (unpaired) electrons. The van der Waals surface area contributed by atoms with Crippen molar-refractivity contribution in [3.63, 3.8) is 0 Å². The van der Waals surface area contributed by atoms with Crippen molar-refractivity contribution in [1.82, 2.24) is 10.8 Å². The third-order valence-electron chi connectivity index (χ3n) is 4.85. The van der Waals surface area contributed by atoms with Gasteiger partial charge in [-0.15, -0.1) is 0 Å². The highest BCUT2D eigenvalue weighted by Crippen LogP contribution is 2.24. The Kier molecular flexibility index (Phi) is 8.85. The standard InChI is InChI=1S/C24H20F2N2O6/c1-24(34-2,23(25)26)19(21(30)28-33)27-20(29)17-11-7-15(8-12-17)5-3-4-6-16-9-13-18(14-10-16)22(31)32/h7-14,19,23,33H,1-2H3,(H,27,29)(H,28,30)(H,31,32)/t19-,24?/m1/s1. The van der Waals surface area contributed by atoms with Gasteiger partial charge in [-0.05, 0) is 67.3 Å². The second kappa shape index (κ2) is 11.6. The van der Waals surface area contributed by atoms with Crippen LogP contribution in [0.5, 0.6) is 0 Å². The summed E-state index contributed by atoms with van der Waals surface area (Å²) in [5.74, 6) is 7.62. The summed E-state index contributed by atoms with van der Waals surface area (Å²) in [6, 6.07) is 9.81. The van der Waals surface area contributed by atoms with Crippen LogP contribution in [0.1, 0.15) is 38.8 Å². The van der Waals surface area contributed by atoms with Gasteiger partial charge in [-0.2, -0.15) is 0 Å². The second-order valence-electron chi connectivity index (χ2n) is 7.03. The molecule has 0 fully saturated rings. The SMILES string of the molecule is COC(C)(C(F)F)[C@H](NC(=O)c1ccc(C#CC#Cc2ccc(C(=O)O)cc2)cc1)C(=O)NO. The van der Waals surface area contributed by atoms with Crippen LogP contribution in [0.3, 0.4) is 0 Å². The van der Waals surface area contributed by atoms with Crippen LogP contribution in [-0.4, -0.2) is 53.3 Å². The fraction of sp³-hybridized carbons (Fsp3) is 0.208. The molecule has 0 aliphatic carbocycles. The molecule has 0 saturated heterocycles. The Bertz CT molecular complexity index is 1170. The van der Waals surface area contributed by atoms with E-state index in [4.69, 9.17) is 15.1 Å². The predicted molar refractivity (Wildman–Crippen MR) is 116 cm³/mol. The van der Waals surface area contributed by atoms with E-state index in [1.54, 1.807) is 12.1 Å². The van der Waals surface area contributed by atoms with Gasteiger partial charge in [-0.25, -0.2) is 19.1 Å². The summed E-state index contributed by atoms with van der Waals surface area (Å²) in [7, 11) is 0.956. The largest absolute Gasteiger partial charge is 0.478 e. The van der Waals surface area contributed by atoms with E-state index in [-0.39, 0.29) is 11.1 Å². The fourth-order valence-corrected chi connectivity index (χ4v) is 2.69. The number of carbonyl (C=O) groups excluding carboxylic acids is 2. The molecule has 0 bridgehead atoms. The predicted octanol–water partition coefficient (Wildman–Crippen LogP) is 2.06. The monoisotopic (exact) mass is 470 g/mol. The number of ether oxygens (including phenoxy) is 1. The maximum absolute atomic E-state index is 13.5. The smallest absolute Gasteiger partial charge is 0.335 e. The molecule has 2 aromatic carbocycles. The molecule has 2 rings (SSSR count). The lowest BCUT2D eigenvalue weighted by molar-refractivity contribution is -0.157. The molecule has 0 aliphatic rings. The molecule has 4 N–H and O–H groups in total. The van der Waals surface area contributed by atoms with Crippen LogP contribution in [0.4, 0.5) is 8.78 Å². The molecule has 34 heavy (non-hydrogen) atoms. The number of hydrogen-bond acceptors (Lipinski definition) is 5. The minimum absolute atomic E-state index is 0.0543. The molecule has 8 nitrogen and oxygen atoms in total. The zero-order chi connectivity index (χ0) is 25.3. The van der Waals surface area contributed by atoms with Crippen LogP contribution in [0.25, 0.3) is 0 Å². The number of rotatable bonds is 7. The van der Waals surface area contributed by atoms with Crippen molar-refractivity contribution in [3.05, 3.63) is 70.8 Å². The number of hydrogen-bond donors (Lipinski definition) is 4. The number of hydroxylamine groups is 1. The average molecular weight is 470 g/mol. The Hall–Kier alpha value is -4.25. The Morgan fingerprint density at radius 3 is 1.79 bits per heavy atom. The molecule has 2 atom stereocenters. The number of carbonyl (C=O) groups is 3. The summed E-state index contributed by atoms with van der Waals surface area (Å²) < 4.78 is 31.7. The molecule has 0 heterocycles. The third kappa shape index (κ3) is 6.39. The van der Waals surface area contributed by atoms with Crippen molar-refractivity contribution in [2.45, 2.75) is 25.0 Å². The topological polar surface area (TPSA) is 125 Å². The summed E-state index contributed by atoms with van der Waals surface area (Å²) in [6.45, 7) is 0.929. The van der Waals surface area contributed by atoms with E-state index in [2.05, 4.69) is 29.0 Å². The van der Waals surface area contributed by atoms with Crippen molar-refractivity contribution in [2.75, 3.05) is 7.11 Å². The molecule has 0 spiro atoms. The Morgan fingerprint density at radius 2 is 1.41 bits per heavy atom. The van der Waals surface area contributed by atoms with Gasteiger partial charge in [0, 0.05) is 23.8 Å². The zero-order valence-corrected chi connectivity index (χ0v) is 18.1. The van der Waals surface area contributed by atoms with E-state index in [0.29, 0.717) is 11.1 Å². The molecule has 10 heteroatoms. The van der Waals surface area contributed by atoms with Crippen LogP contribution < -0.4 is 10.8 Å². The molecule has 0 saturated carbocycles. The maximum Gasteiger partial charge on any atom is 0.335 e. The molecular weight excluding hydrogens is 450 g/mol. The number of amides is 2. The van der Waals surface area contributed by atoms with E-state index >= 15 is 0 Å². The second-order valence-corrected chi connectivity index (χ2v) is 7.03. The van der Waals surface area contributed by atoms with Crippen molar-refractivity contribution in [3.8, 4) is 23.7 Å². The number of aromatic carboxylic acids is 1. The summed E-state index contributed by atoms with van der Waals surface area (Å²) in [6.07, 6.45) is -3.14. The number of alkyl halides is 2. The highest BCUT2D eigenvalue weighted by Gasteiger charge is 2.48. The minimum Gasteiger partial charge on any atom is -0.478 e. The minimum atomic E-state index is -3.14. The summed E-state index contributed by atoms with van der Waals surface area (Å²) in [4.78, 5) is 35.2. The fourth-order valence-electron chi connectivity index (χ4n) is 2.69. The molecule has 2 aromatic rings. The highest BCUT2D eigenvalue weighted by atomic mass is 19.3. The number of benzene rings is 2. The van der Waals surface area contributed by atoms with E-state index in [9.17, 15) is 23.2 Å². The number of carboxylic acid groups (broad SMARTS) is 1. The van der Waals surface area contributed by atoms with Gasteiger partial charge in [0.2, 0.25) is 0 Å². The van der Waals surface area contributed by atoms with Crippen LogP contribution in [-0.2, 0) is 9.53 Å². The highest BCUT2D eigenvalue weighted by molar-refractivity contribution is 5.98. The van der Waals surface area contributed by atoms with E-state index in [1.165, 1.54) is 41.9 Å². The van der Waals surface area contributed by atoms with Crippen molar-refractivity contribution >= 4 is 17.8 Å². The van der Waals surface area contributed by atoms with Crippen LogP contribution in [0, 0.1) is 23.7 Å². The first kappa shape index (κ1) is 26.0. The van der Waals surface area contributed by atoms with Gasteiger partial charge < -0.3 is 15.2 Å². The lowest BCUT2D eigenvalue weighted by Crippen LogP contribution is -2.62. The zero-order valence-electron chi connectivity index (χ0n) is 18.1. The average Bonchev–Trinajstić information content (AvgIpc) is 2.84. The van der Waals surface area contributed by atoms with Gasteiger partial charge in [-0.1, -0.05) is 11.8 Å². The molecule has 1 unspecified atom stereocenters. The maximum atomic E-state index is 13.5. The molecular formula is C24H20F2N2O6. The number of methoxy groups -OCH3 is 1. The Balaban J connectivity index is 2.11. The van der Waals surface area contributed by atoms with Gasteiger partial charge in [0.1, 0.15) is 6.04 Å². The normalized spacial score (nSPS) is 12.8. The lowest BCUT2D eigenvalue weighted by atomic mass is 9.95. The molecule has 0 aliphatic heterocycles. The number of nitrogens with one attached hydrogen (secondary N) is 2. The number of carboxylic acids is 1. The first-order valence-corrected chi connectivity index (χ1v) is 9.66. The summed E-state index contributed by atoms with van der Waals surface area (Å²) in [5, 5.41) is 19.9. The van der Waals surface area contributed by atoms with E-state index in [0.717, 1.165) is 14.0 Å². The Labute approximate surface area is 193 Å². The van der Waals surface area contributed by atoms with Crippen molar-refractivity contribution < 1.29 is 38.2 Å². The van der Waals surface area contributed by atoms with Crippen LogP contribution >= 0.6 is 0 Å². The van der Waals surface area contributed by atoms with Crippen molar-refractivity contribution in [2.24, 2.45) is 0 Å². The summed E-state index contributed by atoms with van der Waals surface area (Å²) >= 11 is 0. The van der Waals surface area contributed by atoms with E-state index < -0.39 is 35.9 Å². The Morgan fingerprint density at radius 1 is 0.941 bits per heavy atom. The molecule has 2 amide bonds. The third-order valence-corrected chi connectivity index (χ3v) is 4.85. The molecule has 176 valence electrons. The first-order valence-electron chi connectivity index (χ1n) is 9.66. The number of halogens is 2. The van der Waals surface area contributed by atoms with Gasteiger partial charge in [0.25, 0.3) is 18.2 Å². The first-order chi connectivity index (χ1) is 16.1. The molecule has 0 aromatic heterocycles. The van der Waals surface area contributed by atoms with Crippen LogP contribution in [0.2, 0.25) is 0 Å². The van der Waals surface area contributed by atoms with Gasteiger partial charge in [-0.3, -0.25) is 14.8 Å². The summed E-state index contributed by atoms with van der Waals surface area (Å²) in [5.41, 5.74) is 0.148. The van der Waals surface area contributed by atoms with E-state index in [1.807, 2.05) is 0 Å². The lowest BCUT2D eigenvalue weighted by Gasteiger charge is -2.34.